The van der Waals surface area contributed by atoms with Gasteiger partial charge in [0, 0.05) is 10.8 Å². The lowest BCUT2D eigenvalue weighted by Crippen LogP contribution is -2.48. The monoisotopic (exact) mass is 782 g/mol. The molecule has 0 radical (unpaired) electrons. The quantitative estimate of drug-likeness (QED) is 0.0869. The molecule has 0 amide bonds. The van der Waals surface area contributed by atoms with Gasteiger partial charge in [-0.25, -0.2) is 0 Å². The van der Waals surface area contributed by atoms with Gasteiger partial charge in [-0.05, 0) is 146 Å². The molecule has 0 saturated carbocycles. The summed E-state index contributed by atoms with van der Waals surface area (Å²) in [5.41, 5.74) is 9.26. The molecule has 0 aliphatic carbocycles. The van der Waals surface area contributed by atoms with Crippen molar-refractivity contribution in [3.05, 3.63) is 203 Å². The number of hydrogen-bond donors (Lipinski definition) is 0. The van der Waals surface area contributed by atoms with Gasteiger partial charge in [-0.1, -0.05) is 149 Å². The van der Waals surface area contributed by atoms with E-state index < -0.39 is 0 Å². The Labute approximate surface area is 354 Å². The Kier molecular flexibility index (Phi) is 14.5. The summed E-state index contributed by atoms with van der Waals surface area (Å²) in [6.45, 7) is 17.9. The maximum atomic E-state index is 7.89. The number of ether oxygens (including phenoxy) is 3. The van der Waals surface area contributed by atoms with Gasteiger partial charge in [0.15, 0.2) is 0 Å². The molecule has 0 bridgehead atoms. The summed E-state index contributed by atoms with van der Waals surface area (Å²) in [7, 11) is 0. The van der Waals surface area contributed by atoms with Gasteiger partial charge in [-0.15, -0.1) is 0 Å². The van der Waals surface area contributed by atoms with Crippen molar-refractivity contribution in [3.63, 3.8) is 0 Å². The van der Waals surface area contributed by atoms with Crippen molar-refractivity contribution in [1.29, 1.82) is 0 Å². The Hall–Kier alpha value is -5.64. The molecule has 6 rings (SSSR count). The molecule has 0 aromatic heterocycles. The van der Waals surface area contributed by atoms with Crippen LogP contribution >= 0.6 is 0 Å². The van der Waals surface area contributed by atoms with Crippen molar-refractivity contribution in [2.24, 2.45) is 0 Å². The second kappa shape index (κ2) is 19.9. The zero-order chi connectivity index (χ0) is 41.8. The number of rotatable bonds is 18. The molecule has 4 atom stereocenters. The predicted molar refractivity (Wildman–Crippen MR) is 249 cm³/mol. The van der Waals surface area contributed by atoms with Gasteiger partial charge < -0.3 is 14.2 Å². The van der Waals surface area contributed by atoms with E-state index in [1.165, 1.54) is 44.5 Å². The molecule has 6 aromatic rings. The summed E-state index contributed by atoms with van der Waals surface area (Å²) >= 11 is 0. The van der Waals surface area contributed by atoms with Gasteiger partial charge in [0.25, 0.3) is 0 Å². The van der Waals surface area contributed by atoms with Crippen LogP contribution in [-0.2, 0) is 28.4 Å². The Morgan fingerprint density at radius 1 is 0.475 bits per heavy atom. The highest BCUT2D eigenvalue weighted by molar-refractivity contribution is 5.64. The number of hydrogen-bond acceptors (Lipinski definition) is 3. The molecule has 0 fully saturated rings. The number of benzene rings is 6. The highest BCUT2D eigenvalue weighted by Gasteiger charge is 2.42. The molecule has 59 heavy (non-hydrogen) atoms. The van der Waals surface area contributed by atoms with Crippen molar-refractivity contribution in [3.8, 4) is 23.0 Å². The molecule has 0 aliphatic rings. The number of allylic oxidation sites excluding steroid dienone is 4. The zero-order valence-corrected chi connectivity index (χ0v) is 36.4. The average molecular weight is 783 g/mol. The minimum Gasteiger partial charge on any atom is -0.457 e. The zero-order valence-electron chi connectivity index (χ0n) is 36.4. The van der Waals surface area contributed by atoms with E-state index >= 15 is 0 Å². The second-order valence-corrected chi connectivity index (χ2v) is 16.3. The highest BCUT2D eigenvalue weighted by Crippen LogP contribution is 2.42. The lowest BCUT2D eigenvalue weighted by Gasteiger charge is -2.45. The third-order valence-electron chi connectivity index (χ3n) is 12.7. The van der Waals surface area contributed by atoms with Gasteiger partial charge in [-0.3, -0.25) is 0 Å². The first-order valence-corrected chi connectivity index (χ1v) is 21.3. The van der Waals surface area contributed by atoms with Crippen LogP contribution in [0, 0.1) is 0 Å². The lowest BCUT2D eigenvalue weighted by atomic mass is 9.70. The summed E-state index contributed by atoms with van der Waals surface area (Å²) in [6, 6.07) is 55.4. The standard InChI is InChI=1S/C56H62O3/c1-9-41(5)45-29-33-47(34-30-45)55(7,11-3)53(39-43-21-19-27-51(37-43)57-49-23-15-13-16-24-49)59-54(56(8,12-4)48-35-31-46(32-36-48)42(6)10-2)40-44-22-20-28-52(38-44)58-50-25-17-14-18-26-50/h9-10,13-38,53-54H,11-12,39-40H2,1-8H3. The van der Waals surface area contributed by atoms with E-state index in [0.717, 1.165) is 35.8 Å². The van der Waals surface area contributed by atoms with Crippen LogP contribution in [0.25, 0.3) is 11.1 Å². The Bertz CT molecular complexity index is 2120. The maximum Gasteiger partial charge on any atom is 0.127 e. The Balaban J connectivity index is 1.45. The molecule has 0 aliphatic heterocycles. The van der Waals surface area contributed by atoms with E-state index in [2.05, 4.69) is 152 Å². The largest absolute Gasteiger partial charge is 0.457 e. The first-order chi connectivity index (χ1) is 28.6. The molecular formula is C56H62O3. The van der Waals surface area contributed by atoms with Gasteiger partial charge in [0.05, 0.1) is 12.2 Å². The van der Waals surface area contributed by atoms with Crippen LogP contribution in [0.3, 0.4) is 0 Å². The first-order valence-electron chi connectivity index (χ1n) is 21.3. The molecule has 0 heterocycles. The third-order valence-corrected chi connectivity index (χ3v) is 12.7. The summed E-state index contributed by atoms with van der Waals surface area (Å²) in [6.07, 6.45) is 7.19. The van der Waals surface area contributed by atoms with Crippen molar-refractivity contribution >= 4 is 11.1 Å². The second-order valence-electron chi connectivity index (χ2n) is 16.3. The molecule has 0 spiro atoms. The van der Waals surface area contributed by atoms with E-state index in [0.29, 0.717) is 12.8 Å². The van der Waals surface area contributed by atoms with Crippen molar-refractivity contribution in [2.45, 2.75) is 104 Å². The van der Waals surface area contributed by atoms with Gasteiger partial charge >= 0.3 is 0 Å². The first kappa shape index (κ1) is 43.0. The van der Waals surface area contributed by atoms with E-state index in [1.54, 1.807) is 0 Å². The van der Waals surface area contributed by atoms with Crippen LogP contribution in [0.2, 0.25) is 0 Å². The molecule has 3 nitrogen and oxygen atoms in total. The summed E-state index contributed by atoms with van der Waals surface area (Å²) in [5.74, 6) is 3.28. The molecule has 0 saturated heterocycles. The summed E-state index contributed by atoms with van der Waals surface area (Å²) < 4.78 is 20.6. The Morgan fingerprint density at radius 3 is 1.17 bits per heavy atom. The lowest BCUT2D eigenvalue weighted by molar-refractivity contribution is -0.0840. The van der Waals surface area contributed by atoms with E-state index in [9.17, 15) is 0 Å². The van der Waals surface area contributed by atoms with Crippen LogP contribution in [-0.4, -0.2) is 12.2 Å². The van der Waals surface area contributed by atoms with Crippen LogP contribution < -0.4 is 9.47 Å². The van der Waals surface area contributed by atoms with E-state index in [4.69, 9.17) is 14.2 Å². The Morgan fingerprint density at radius 2 is 0.831 bits per heavy atom. The van der Waals surface area contributed by atoms with Crippen molar-refractivity contribution in [1.82, 2.24) is 0 Å². The van der Waals surface area contributed by atoms with E-state index in [1.807, 2.05) is 72.8 Å². The molecular weight excluding hydrogens is 721 g/mol. The fourth-order valence-electron chi connectivity index (χ4n) is 7.99. The minimum absolute atomic E-state index is 0.183. The van der Waals surface area contributed by atoms with Gasteiger partial charge in [0.1, 0.15) is 23.0 Å². The molecule has 3 heteroatoms. The maximum absolute atomic E-state index is 7.89. The number of para-hydroxylation sites is 2. The minimum atomic E-state index is -0.323. The van der Waals surface area contributed by atoms with E-state index in [-0.39, 0.29) is 23.0 Å². The summed E-state index contributed by atoms with van der Waals surface area (Å²) in [5, 5.41) is 0. The molecule has 6 aromatic carbocycles. The van der Waals surface area contributed by atoms with Crippen LogP contribution in [0.15, 0.2) is 170 Å². The van der Waals surface area contributed by atoms with Gasteiger partial charge in [-0.2, -0.15) is 0 Å². The topological polar surface area (TPSA) is 27.7 Å². The predicted octanol–water partition coefficient (Wildman–Crippen LogP) is 15.4. The molecule has 304 valence electrons. The third kappa shape index (κ3) is 10.5. The van der Waals surface area contributed by atoms with Crippen molar-refractivity contribution in [2.75, 3.05) is 0 Å². The normalized spacial score (nSPS) is 15.1. The van der Waals surface area contributed by atoms with Crippen LogP contribution in [0.4, 0.5) is 0 Å². The van der Waals surface area contributed by atoms with Crippen LogP contribution in [0.1, 0.15) is 102 Å². The highest BCUT2D eigenvalue weighted by atomic mass is 16.5. The fraction of sp³-hybridized carbons (Fsp3) is 0.286. The molecule has 4 unspecified atom stereocenters. The molecule has 0 N–H and O–H groups in total. The fourth-order valence-corrected chi connectivity index (χ4v) is 7.99. The smallest absolute Gasteiger partial charge is 0.127 e. The van der Waals surface area contributed by atoms with Crippen LogP contribution in [0.5, 0.6) is 23.0 Å². The van der Waals surface area contributed by atoms with Gasteiger partial charge in [0.2, 0.25) is 0 Å². The average Bonchev–Trinajstić information content (AvgIpc) is 3.28. The SMILES string of the molecule is CC=C(C)c1ccc(C(C)(CC)C(Cc2cccc(Oc3ccccc3)c2)OC(Cc2cccc(Oc3ccccc3)c2)C(C)(CC)c2ccc(C(C)=CC)cc2)cc1. The summed E-state index contributed by atoms with van der Waals surface area (Å²) in [4.78, 5) is 0. The van der Waals surface area contributed by atoms with Crippen molar-refractivity contribution < 1.29 is 14.2 Å².